The van der Waals surface area contributed by atoms with E-state index in [-0.39, 0.29) is 4.90 Å². The van der Waals surface area contributed by atoms with Crippen molar-refractivity contribution in [2.45, 2.75) is 18.7 Å². The zero-order valence-electron chi connectivity index (χ0n) is 17.1. The second kappa shape index (κ2) is 9.76. The maximum Gasteiger partial charge on any atom is 0.264 e. The van der Waals surface area contributed by atoms with Crippen molar-refractivity contribution < 1.29 is 13.2 Å². The van der Waals surface area contributed by atoms with Gasteiger partial charge in [0.05, 0.1) is 16.8 Å². The zero-order valence-corrected chi connectivity index (χ0v) is 18.7. The molecule has 0 atom stereocenters. The summed E-state index contributed by atoms with van der Waals surface area (Å²) < 4.78 is 27.7. The number of amides is 1. The number of hydrogen-bond acceptors (Lipinski definition) is 4. The lowest BCUT2D eigenvalue weighted by Gasteiger charge is -2.24. The molecule has 0 spiro atoms. The van der Waals surface area contributed by atoms with Gasteiger partial charge in [-0.1, -0.05) is 59.1 Å². The highest BCUT2D eigenvalue weighted by Gasteiger charge is 2.27. The van der Waals surface area contributed by atoms with E-state index in [1.54, 1.807) is 60.7 Å². The highest BCUT2D eigenvalue weighted by atomic mass is 35.5. The third-order valence-electron chi connectivity index (χ3n) is 4.47. The SMILES string of the molecule is Cc1ccc(N(CC(=O)N/N=C\c2cccc(Cl)c2)S(=O)(=O)c2ccc(C)cc2)cc1. The van der Waals surface area contributed by atoms with Crippen LogP contribution >= 0.6 is 11.6 Å². The van der Waals surface area contributed by atoms with Gasteiger partial charge in [0.1, 0.15) is 6.54 Å². The lowest BCUT2D eigenvalue weighted by molar-refractivity contribution is -0.119. The molecule has 0 aliphatic carbocycles. The van der Waals surface area contributed by atoms with E-state index in [1.165, 1.54) is 18.3 Å². The first-order valence-electron chi connectivity index (χ1n) is 9.49. The fourth-order valence-corrected chi connectivity index (χ4v) is 4.41. The van der Waals surface area contributed by atoms with E-state index in [1.807, 2.05) is 13.8 Å². The molecule has 8 heteroatoms. The Bertz CT molecular complexity index is 1190. The van der Waals surface area contributed by atoms with Crippen LogP contribution in [0.15, 0.2) is 82.8 Å². The number of carbonyl (C=O) groups excluding carboxylic acids is 1. The Morgan fingerprint density at radius 3 is 2.23 bits per heavy atom. The lowest BCUT2D eigenvalue weighted by atomic mass is 10.2. The van der Waals surface area contributed by atoms with Crippen molar-refractivity contribution in [2.75, 3.05) is 10.8 Å². The van der Waals surface area contributed by atoms with Crippen molar-refractivity contribution in [3.05, 3.63) is 94.5 Å². The standard InChI is InChI=1S/C23H22ClN3O3S/c1-17-6-10-21(11-7-17)27(31(29,30)22-12-8-18(2)9-13-22)16-23(28)26-25-15-19-4-3-5-20(24)14-19/h3-15H,16H2,1-2H3,(H,26,28)/b25-15-. The van der Waals surface area contributed by atoms with Gasteiger partial charge in [0, 0.05) is 5.02 Å². The highest BCUT2D eigenvalue weighted by molar-refractivity contribution is 7.92. The largest absolute Gasteiger partial charge is 0.271 e. The van der Waals surface area contributed by atoms with Crippen molar-refractivity contribution in [3.63, 3.8) is 0 Å². The first kappa shape index (κ1) is 22.5. The van der Waals surface area contributed by atoms with Gasteiger partial charge in [-0.25, -0.2) is 13.8 Å². The minimum atomic E-state index is -3.96. The Morgan fingerprint density at radius 1 is 1.00 bits per heavy atom. The molecule has 0 radical (unpaired) electrons. The molecule has 160 valence electrons. The minimum absolute atomic E-state index is 0.105. The first-order valence-corrected chi connectivity index (χ1v) is 11.3. The summed E-state index contributed by atoms with van der Waals surface area (Å²) in [5.74, 6) is -0.575. The molecule has 0 bridgehead atoms. The summed E-state index contributed by atoms with van der Waals surface area (Å²) in [6.45, 7) is 3.35. The number of nitrogens with one attached hydrogen (secondary N) is 1. The maximum atomic E-state index is 13.3. The van der Waals surface area contributed by atoms with Crippen molar-refractivity contribution in [1.82, 2.24) is 5.43 Å². The van der Waals surface area contributed by atoms with Crippen LogP contribution in [0.4, 0.5) is 5.69 Å². The average molecular weight is 456 g/mol. The predicted octanol–water partition coefficient (Wildman–Crippen LogP) is 4.30. The van der Waals surface area contributed by atoms with Crippen molar-refractivity contribution >= 4 is 39.4 Å². The molecule has 3 aromatic carbocycles. The van der Waals surface area contributed by atoms with E-state index < -0.39 is 22.5 Å². The number of aryl methyl sites for hydroxylation is 2. The van der Waals surface area contributed by atoms with Crippen LogP contribution in [-0.2, 0) is 14.8 Å². The van der Waals surface area contributed by atoms with Gasteiger partial charge in [0.15, 0.2) is 0 Å². The molecule has 0 aliphatic heterocycles. The molecule has 3 rings (SSSR count). The van der Waals surface area contributed by atoms with Gasteiger partial charge >= 0.3 is 0 Å². The van der Waals surface area contributed by atoms with Crippen LogP contribution in [0, 0.1) is 13.8 Å². The van der Waals surface area contributed by atoms with E-state index in [4.69, 9.17) is 11.6 Å². The first-order chi connectivity index (χ1) is 14.8. The summed E-state index contributed by atoms with van der Waals surface area (Å²) in [5.41, 5.74) is 5.39. The second-order valence-corrected chi connectivity index (χ2v) is 9.31. The number of anilines is 1. The van der Waals surface area contributed by atoms with Crippen LogP contribution in [0.25, 0.3) is 0 Å². The van der Waals surface area contributed by atoms with E-state index in [9.17, 15) is 13.2 Å². The van der Waals surface area contributed by atoms with Gasteiger partial charge < -0.3 is 0 Å². The molecule has 0 saturated heterocycles. The third kappa shape index (κ3) is 5.93. The molecule has 31 heavy (non-hydrogen) atoms. The summed E-state index contributed by atoms with van der Waals surface area (Å²) in [6, 6.07) is 20.4. The minimum Gasteiger partial charge on any atom is -0.271 e. The summed E-state index contributed by atoms with van der Waals surface area (Å²) in [6.07, 6.45) is 1.44. The van der Waals surface area contributed by atoms with Crippen molar-refractivity contribution in [3.8, 4) is 0 Å². The number of hydrazone groups is 1. The number of benzene rings is 3. The van der Waals surface area contributed by atoms with Crippen LogP contribution in [0.2, 0.25) is 5.02 Å². The Morgan fingerprint density at radius 2 is 1.61 bits per heavy atom. The molecular weight excluding hydrogens is 434 g/mol. The van der Waals surface area contributed by atoms with Crippen LogP contribution in [0.3, 0.4) is 0 Å². The lowest BCUT2D eigenvalue weighted by Crippen LogP contribution is -2.39. The monoisotopic (exact) mass is 455 g/mol. The molecule has 0 aromatic heterocycles. The van der Waals surface area contributed by atoms with Gasteiger partial charge in [-0.3, -0.25) is 9.10 Å². The molecule has 0 saturated carbocycles. The van der Waals surface area contributed by atoms with Crippen LogP contribution in [0.5, 0.6) is 0 Å². The van der Waals surface area contributed by atoms with Gasteiger partial charge in [-0.15, -0.1) is 0 Å². The summed E-state index contributed by atoms with van der Waals surface area (Å²) in [4.78, 5) is 12.6. The fraction of sp³-hybridized carbons (Fsp3) is 0.130. The summed E-state index contributed by atoms with van der Waals surface area (Å²) in [7, 11) is -3.96. The average Bonchev–Trinajstić information content (AvgIpc) is 2.73. The van der Waals surface area contributed by atoms with E-state index in [2.05, 4.69) is 10.5 Å². The molecule has 0 fully saturated rings. The smallest absolute Gasteiger partial charge is 0.264 e. The van der Waals surface area contributed by atoms with E-state index in [0.717, 1.165) is 15.4 Å². The molecule has 1 N–H and O–H groups in total. The van der Waals surface area contributed by atoms with Crippen LogP contribution in [-0.4, -0.2) is 27.1 Å². The number of halogens is 1. The molecule has 6 nitrogen and oxygen atoms in total. The second-order valence-electron chi connectivity index (χ2n) is 7.01. The molecular formula is C23H22ClN3O3S. The number of hydrogen-bond donors (Lipinski definition) is 1. The maximum absolute atomic E-state index is 13.3. The van der Waals surface area contributed by atoms with Gasteiger partial charge in [0.2, 0.25) is 0 Å². The number of rotatable bonds is 7. The number of nitrogens with zero attached hydrogens (tertiary/aromatic N) is 2. The van der Waals surface area contributed by atoms with Crippen molar-refractivity contribution in [2.24, 2.45) is 5.10 Å². The molecule has 1 amide bonds. The Balaban J connectivity index is 1.83. The van der Waals surface area contributed by atoms with Gasteiger partial charge in [0.25, 0.3) is 15.9 Å². The third-order valence-corrected chi connectivity index (χ3v) is 6.49. The predicted molar refractivity (Wildman–Crippen MR) is 124 cm³/mol. The summed E-state index contributed by atoms with van der Waals surface area (Å²) >= 11 is 5.93. The number of sulfonamides is 1. The fourth-order valence-electron chi connectivity index (χ4n) is 2.80. The Labute approximate surface area is 187 Å². The van der Waals surface area contributed by atoms with E-state index in [0.29, 0.717) is 16.3 Å². The topological polar surface area (TPSA) is 78.8 Å². The van der Waals surface area contributed by atoms with Gasteiger partial charge in [-0.05, 0) is 55.8 Å². The molecule has 0 unspecified atom stereocenters. The normalized spacial score (nSPS) is 11.5. The Hall–Kier alpha value is -3.16. The van der Waals surface area contributed by atoms with Crippen LogP contribution in [0.1, 0.15) is 16.7 Å². The van der Waals surface area contributed by atoms with Gasteiger partial charge in [-0.2, -0.15) is 5.10 Å². The molecule has 0 heterocycles. The number of carbonyl (C=O) groups is 1. The highest BCUT2D eigenvalue weighted by Crippen LogP contribution is 2.24. The Kier molecular flexibility index (Phi) is 7.09. The van der Waals surface area contributed by atoms with Crippen LogP contribution < -0.4 is 9.73 Å². The zero-order chi connectivity index (χ0) is 22.4. The molecule has 3 aromatic rings. The summed E-state index contributed by atoms with van der Waals surface area (Å²) in [5, 5.41) is 4.45. The molecule has 0 aliphatic rings. The van der Waals surface area contributed by atoms with E-state index >= 15 is 0 Å². The van der Waals surface area contributed by atoms with Crippen molar-refractivity contribution in [1.29, 1.82) is 0 Å². The quantitative estimate of drug-likeness (QED) is 0.426.